The van der Waals surface area contributed by atoms with E-state index in [0.717, 1.165) is 0 Å². The number of para-hydroxylation sites is 1. The van der Waals surface area contributed by atoms with Gasteiger partial charge in [0, 0.05) is 6.92 Å². The van der Waals surface area contributed by atoms with Gasteiger partial charge in [-0.2, -0.15) is 0 Å². The van der Waals surface area contributed by atoms with Crippen molar-refractivity contribution in [3.05, 3.63) is 24.1 Å². The molecule has 0 atom stereocenters. The van der Waals surface area contributed by atoms with Crippen molar-refractivity contribution in [2.24, 2.45) is 0 Å². The van der Waals surface area contributed by atoms with Crippen LogP contribution in [0.3, 0.4) is 0 Å². The number of carbonyl (C=O) groups is 1. The maximum Gasteiger partial charge on any atom is 0.262 e. The van der Waals surface area contributed by atoms with Gasteiger partial charge in [0.1, 0.15) is 0 Å². The standard InChI is InChI=1S/C11H9N3O3/c1-6-13-14-11(17-6)7-3-2-4-8-10(7)16-5-9(15)12-8/h2-4H,5H2,1H3,(H,12,15). The Balaban J connectivity index is 2.12. The first-order chi connectivity index (χ1) is 8.24. The van der Waals surface area contributed by atoms with E-state index in [-0.39, 0.29) is 12.5 Å². The maximum atomic E-state index is 11.2. The van der Waals surface area contributed by atoms with E-state index in [1.165, 1.54) is 0 Å². The van der Waals surface area contributed by atoms with Crippen molar-refractivity contribution in [2.45, 2.75) is 6.92 Å². The van der Waals surface area contributed by atoms with Crippen LogP contribution in [0.2, 0.25) is 0 Å². The second kappa shape index (κ2) is 3.58. The van der Waals surface area contributed by atoms with Gasteiger partial charge in [-0.25, -0.2) is 0 Å². The van der Waals surface area contributed by atoms with E-state index in [2.05, 4.69) is 15.5 Å². The summed E-state index contributed by atoms with van der Waals surface area (Å²) < 4.78 is 10.7. The number of rotatable bonds is 1. The zero-order valence-electron chi connectivity index (χ0n) is 9.06. The Morgan fingerprint density at radius 1 is 1.35 bits per heavy atom. The summed E-state index contributed by atoms with van der Waals surface area (Å²) >= 11 is 0. The Labute approximate surface area is 96.6 Å². The molecule has 2 heterocycles. The predicted octanol–water partition coefficient (Wildman–Crippen LogP) is 1.38. The molecule has 3 rings (SSSR count). The van der Waals surface area contributed by atoms with Crippen LogP contribution in [0.15, 0.2) is 22.6 Å². The Bertz CT molecular complexity index is 591. The van der Waals surface area contributed by atoms with Crippen molar-refractivity contribution in [1.82, 2.24) is 10.2 Å². The second-order valence-electron chi connectivity index (χ2n) is 3.65. The SMILES string of the molecule is Cc1nnc(-c2cccc3c2OCC(=O)N3)o1. The van der Waals surface area contributed by atoms with E-state index in [4.69, 9.17) is 9.15 Å². The quantitative estimate of drug-likeness (QED) is 0.802. The zero-order valence-corrected chi connectivity index (χ0v) is 9.06. The van der Waals surface area contributed by atoms with Crippen LogP contribution < -0.4 is 10.1 Å². The highest BCUT2D eigenvalue weighted by molar-refractivity contribution is 5.97. The average Bonchev–Trinajstić information content (AvgIpc) is 2.74. The van der Waals surface area contributed by atoms with E-state index in [9.17, 15) is 4.79 Å². The molecule has 0 saturated heterocycles. The van der Waals surface area contributed by atoms with Gasteiger partial charge in [0.2, 0.25) is 5.89 Å². The van der Waals surface area contributed by atoms with Gasteiger partial charge in [0.15, 0.2) is 12.4 Å². The summed E-state index contributed by atoms with van der Waals surface area (Å²) in [4.78, 5) is 11.2. The highest BCUT2D eigenvalue weighted by Gasteiger charge is 2.21. The minimum Gasteiger partial charge on any atom is -0.481 e. The lowest BCUT2D eigenvalue weighted by atomic mass is 10.1. The largest absolute Gasteiger partial charge is 0.481 e. The molecule has 1 N–H and O–H groups in total. The van der Waals surface area contributed by atoms with Gasteiger partial charge in [0.25, 0.3) is 11.8 Å². The van der Waals surface area contributed by atoms with Gasteiger partial charge < -0.3 is 14.5 Å². The number of anilines is 1. The van der Waals surface area contributed by atoms with E-state index >= 15 is 0 Å². The summed E-state index contributed by atoms with van der Waals surface area (Å²) in [6.45, 7) is 1.71. The van der Waals surface area contributed by atoms with Gasteiger partial charge in [-0.1, -0.05) is 6.07 Å². The first kappa shape index (κ1) is 9.83. The summed E-state index contributed by atoms with van der Waals surface area (Å²) in [6.07, 6.45) is 0. The van der Waals surface area contributed by atoms with Gasteiger partial charge >= 0.3 is 0 Å². The van der Waals surface area contributed by atoms with Crippen LogP contribution >= 0.6 is 0 Å². The van der Waals surface area contributed by atoms with E-state index in [0.29, 0.717) is 28.8 Å². The number of hydrogen-bond donors (Lipinski definition) is 1. The van der Waals surface area contributed by atoms with E-state index in [1.807, 2.05) is 6.07 Å². The molecule has 0 fully saturated rings. The molecule has 0 aliphatic carbocycles. The summed E-state index contributed by atoms with van der Waals surface area (Å²) in [7, 11) is 0. The third-order valence-electron chi connectivity index (χ3n) is 2.39. The number of amides is 1. The van der Waals surface area contributed by atoms with Crippen LogP contribution in [0.4, 0.5) is 5.69 Å². The number of nitrogens with one attached hydrogen (secondary N) is 1. The van der Waals surface area contributed by atoms with Crippen LogP contribution in [0.1, 0.15) is 5.89 Å². The van der Waals surface area contributed by atoms with Gasteiger partial charge in [-0.15, -0.1) is 10.2 Å². The third kappa shape index (κ3) is 1.63. The highest BCUT2D eigenvalue weighted by Crippen LogP contribution is 2.37. The van der Waals surface area contributed by atoms with Gasteiger partial charge in [0.05, 0.1) is 11.3 Å². The Morgan fingerprint density at radius 3 is 3.00 bits per heavy atom. The predicted molar refractivity (Wildman–Crippen MR) is 58.6 cm³/mol. The molecule has 0 radical (unpaired) electrons. The molecule has 0 spiro atoms. The van der Waals surface area contributed by atoms with Crippen LogP contribution in [0.5, 0.6) is 5.75 Å². The molecule has 6 heteroatoms. The number of ether oxygens (including phenoxy) is 1. The molecule has 0 saturated carbocycles. The Kier molecular flexibility index (Phi) is 2.07. The summed E-state index contributed by atoms with van der Waals surface area (Å²) in [5, 5.41) is 10.4. The number of nitrogens with zero attached hydrogens (tertiary/aromatic N) is 2. The summed E-state index contributed by atoms with van der Waals surface area (Å²) in [5.41, 5.74) is 1.30. The van der Waals surface area contributed by atoms with Crippen molar-refractivity contribution in [3.63, 3.8) is 0 Å². The fourth-order valence-corrected chi connectivity index (χ4v) is 1.69. The number of aryl methyl sites for hydroxylation is 1. The van der Waals surface area contributed by atoms with E-state index < -0.39 is 0 Å². The first-order valence-corrected chi connectivity index (χ1v) is 5.10. The molecular weight excluding hydrogens is 222 g/mol. The van der Waals surface area contributed by atoms with Crippen molar-refractivity contribution in [3.8, 4) is 17.2 Å². The molecule has 2 aromatic rings. The molecule has 0 unspecified atom stereocenters. The lowest BCUT2D eigenvalue weighted by Gasteiger charge is -2.19. The summed E-state index contributed by atoms with van der Waals surface area (Å²) in [6, 6.07) is 5.37. The fraction of sp³-hybridized carbons (Fsp3) is 0.182. The van der Waals surface area contributed by atoms with Crippen LogP contribution in [0, 0.1) is 6.92 Å². The molecule has 86 valence electrons. The number of carbonyl (C=O) groups excluding carboxylic acids is 1. The van der Waals surface area contributed by atoms with Crippen molar-refractivity contribution >= 4 is 11.6 Å². The van der Waals surface area contributed by atoms with Gasteiger partial charge in [-0.05, 0) is 12.1 Å². The number of benzene rings is 1. The van der Waals surface area contributed by atoms with Crippen molar-refractivity contribution < 1.29 is 13.9 Å². The first-order valence-electron chi connectivity index (χ1n) is 5.10. The van der Waals surface area contributed by atoms with Gasteiger partial charge in [-0.3, -0.25) is 4.79 Å². The smallest absolute Gasteiger partial charge is 0.262 e. The van der Waals surface area contributed by atoms with Crippen molar-refractivity contribution in [2.75, 3.05) is 11.9 Å². The average molecular weight is 231 g/mol. The molecule has 1 amide bonds. The number of fused-ring (bicyclic) bond motifs is 1. The topological polar surface area (TPSA) is 77.2 Å². The number of aromatic nitrogens is 2. The lowest BCUT2D eigenvalue weighted by molar-refractivity contribution is -0.118. The zero-order chi connectivity index (χ0) is 11.8. The molecule has 17 heavy (non-hydrogen) atoms. The second-order valence-corrected chi connectivity index (χ2v) is 3.65. The monoisotopic (exact) mass is 231 g/mol. The normalized spacial score (nSPS) is 13.8. The van der Waals surface area contributed by atoms with Crippen LogP contribution in [0.25, 0.3) is 11.5 Å². The molecule has 1 aliphatic heterocycles. The Morgan fingerprint density at radius 2 is 2.24 bits per heavy atom. The minimum atomic E-state index is -0.170. The molecule has 1 aliphatic rings. The maximum absolute atomic E-state index is 11.2. The van der Waals surface area contributed by atoms with Crippen LogP contribution in [-0.4, -0.2) is 22.7 Å². The molecule has 1 aromatic carbocycles. The minimum absolute atomic E-state index is 0.00284. The fourth-order valence-electron chi connectivity index (χ4n) is 1.69. The third-order valence-corrected chi connectivity index (χ3v) is 2.39. The number of hydrogen-bond acceptors (Lipinski definition) is 5. The van der Waals surface area contributed by atoms with E-state index in [1.54, 1.807) is 19.1 Å². The summed E-state index contributed by atoms with van der Waals surface area (Å²) in [5.74, 6) is 1.26. The lowest BCUT2D eigenvalue weighted by Crippen LogP contribution is -2.25. The Hall–Kier alpha value is -2.37. The molecule has 1 aromatic heterocycles. The highest BCUT2D eigenvalue weighted by atomic mass is 16.5. The molecular formula is C11H9N3O3. The van der Waals surface area contributed by atoms with Crippen LogP contribution in [-0.2, 0) is 4.79 Å². The molecule has 0 bridgehead atoms. The van der Waals surface area contributed by atoms with Crippen molar-refractivity contribution in [1.29, 1.82) is 0 Å². The molecule has 6 nitrogen and oxygen atoms in total.